The summed E-state index contributed by atoms with van der Waals surface area (Å²) in [4.78, 5) is 11.7. The number of rotatable bonds is 6. The van der Waals surface area contributed by atoms with Crippen molar-refractivity contribution in [1.82, 2.24) is 0 Å². The van der Waals surface area contributed by atoms with E-state index in [9.17, 15) is 4.79 Å². The monoisotopic (exact) mass is 264 g/mol. The molecule has 4 N–H and O–H groups in total. The molecule has 0 saturated carbocycles. The van der Waals surface area contributed by atoms with Crippen molar-refractivity contribution in [3.63, 3.8) is 0 Å². The molecule has 0 radical (unpaired) electrons. The lowest BCUT2D eigenvalue weighted by Gasteiger charge is -2.27. The molecule has 1 aliphatic heterocycles. The lowest BCUT2D eigenvalue weighted by atomic mass is 9.87. The van der Waals surface area contributed by atoms with E-state index in [1.807, 2.05) is 30.3 Å². The molecule has 2 unspecified atom stereocenters. The van der Waals surface area contributed by atoms with Crippen LogP contribution in [0.25, 0.3) is 0 Å². The zero-order valence-corrected chi connectivity index (χ0v) is 10.9. The van der Waals surface area contributed by atoms with Crippen LogP contribution in [-0.4, -0.2) is 31.8 Å². The number of carbonyl (C=O) groups excluding carboxylic acids is 1. The lowest BCUT2D eigenvalue weighted by molar-refractivity contribution is -0.124. The molecule has 1 heterocycles. The second kappa shape index (κ2) is 6.14. The standard InChI is InChI=1S/C14H20N2O3/c15-13(17)14(16,11-4-2-1-3-5-11)7-9-19-12-6-8-18-10-12/h1-5,12H,6-10,16H2,(H2,15,17). The van der Waals surface area contributed by atoms with E-state index in [1.54, 1.807) is 0 Å². The summed E-state index contributed by atoms with van der Waals surface area (Å²) in [5, 5.41) is 0. The van der Waals surface area contributed by atoms with Crippen molar-refractivity contribution in [3.05, 3.63) is 35.9 Å². The zero-order chi connectivity index (χ0) is 13.7. The summed E-state index contributed by atoms with van der Waals surface area (Å²) in [6, 6.07) is 9.17. The number of hydrogen-bond donors (Lipinski definition) is 2. The fraction of sp³-hybridized carbons (Fsp3) is 0.500. The van der Waals surface area contributed by atoms with Gasteiger partial charge in [0.1, 0.15) is 5.54 Å². The minimum atomic E-state index is -1.18. The van der Waals surface area contributed by atoms with E-state index in [0.29, 0.717) is 25.2 Å². The van der Waals surface area contributed by atoms with E-state index in [-0.39, 0.29) is 6.10 Å². The van der Waals surface area contributed by atoms with Gasteiger partial charge in [0.15, 0.2) is 0 Å². The second-order valence-corrected chi connectivity index (χ2v) is 4.81. The highest BCUT2D eigenvalue weighted by molar-refractivity contribution is 5.85. The number of amides is 1. The average molecular weight is 264 g/mol. The van der Waals surface area contributed by atoms with Crippen LogP contribution >= 0.6 is 0 Å². The summed E-state index contributed by atoms with van der Waals surface area (Å²) in [7, 11) is 0. The van der Waals surface area contributed by atoms with Gasteiger partial charge in [0.05, 0.1) is 12.7 Å². The molecule has 2 rings (SSSR count). The molecule has 0 spiro atoms. The summed E-state index contributed by atoms with van der Waals surface area (Å²) in [6.07, 6.45) is 1.36. The maximum Gasteiger partial charge on any atom is 0.242 e. The SMILES string of the molecule is NC(=O)C(N)(CCOC1CCOC1)c1ccccc1. The number of carbonyl (C=O) groups is 1. The topological polar surface area (TPSA) is 87.6 Å². The van der Waals surface area contributed by atoms with Crippen LogP contribution < -0.4 is 11.5 Å². The van der Waals surface area contributed by atoms with Gasteiger partial charge >= 0.3 is 0 Å². The Bertz CT molecular complexity index is 418. The van der Waals surface area contributed by atoms with E-state index in [1.165, 1.54) is 0 Å². The molecule has 1 aromatic rings. The van der Waals surface area contributed by atoms with Gasteiger partial charge in [-0.25, -0.2) is 0 Å². The lowest BCUT2D eigenvalue weighted by Crippen LogP contribution is -2.50. The highest BCUT2D eigenvalue weighted by Crippen LogP contribution is 2.22. The Morgan fingerprint density at radius 3 is 2.74 bits per heavy atom. The predicted octanol–water partition coefficient (Wildman–Crippen LogP) is 0.522. The maximum atomic E-state index is 11.7. The van der Waals surface area contributed by atoms with Crippen LogP contribution in [0.15, 0.2) is 30.3 Å². The summed E-state index contributed by atoms with van der Waals surface area (Å²) < 4.78 is 10.9. The summed E-state index contributed by atoms with van der Waals surface area (Å²) in [6.45, 7) is 1.73. The second-order valence-electron chi connectivity index (χ2n) is 4.81. The number of nitrogens with two attached hydrogens (primary N) is 2. The van der Waals surface area contributed by atoms with Crippen LogP contribution in [0, 0.1) is 0 Å². The van der Waals surface area contributed by atoms with Gasteiger partial charge in [0, 0.05) is 19.6 Å². The highest BCUT2D eigenvalue weighted by Gasteiger charge is 2.34. The van der Waals surface area contributed by atoms with Gasteiger partial charge in [-0.15, -0.1) is 0 Å². The van der Waals surface area contributed by atoms with Gasteiger partial charge in [-0.3, -0.25) is 4.79 Å². The number of primary amides is 1. The molecule has 1 aliphatic rings. The Kier molecular flexibility index (Phi) is 4.52. The molecule has 5 nitrogen and oxygen atoms in total. The minimum absolute atomic E-state index is 0.105. The molecular formula is C14H20N2O3. The van der Waals surface area contributed by atoms with Gasteiger partial charge in [-0.2, -0.15) is 0 Å². The van der Waals surface area contributed by atoms with E-state index in [2.05, 4.69) is 0 Å². The average Bonchev–Trinajstić information content (AvgIpc) is 2.92. The zero-order valence-electron chi connectivity index (χ0n) is 10.9. The van der Waals surface area contributed by atoms with Crippen molar-refractivity contribution < 1.29 is 14.3 Å². The summed E-state index contributed by atoms with van der Waals surface area (Å²) >= 11 is 0. The van der Waals surface area contributed by atoms with E-state index in [4.69, 9.17) is 20.9 Å². The molecular weight excluding hydrogens is 244 g/mol. The smallest absolute Gasteiger partial charge is 0.242 e. The molecule has 5 heteroatoms. The largest absolute Gasteiger partial charge is 0.379 e. The van der Waals surface area contributed by atoms with Crippen LogP contribution in [0.2, 0.25) is 0 Å². The Morgan fingerprint density at radius 1 is 1.42 bits per heavy atom. The van der Waals surface area contributed by atoms with Gasteiger partial charge in [0.2, 0.25) is 5.91 Å². The molecule has 0 bridgehead atoms. The van der Waals surface area contributed by atoms with Gasteiger partial charge in [-0.05, 0) is 12.0 Å². The number of hydrogen-bond acceptors (Lipinski definition) is 4. The van der Waals surface area contributed by atoms with Crippen molar-refractivity contribution in [2.75, 3.05) is 19.8 Å². The third kappa shape index (κ3) is 3.32. The molecule has 1 fully saturated rings. The van der Waals surface area contributed by atoms with Crippen LogP contribution in [0.3, 0.4) is 0 Å². The number of benzene rings is 1. The van der Waals surface area contributed by atoms with Crippen molar-refractivity contribution in [1.29, 1.82) is 0 Å². The van der Waals surface area contributed by atoms with E-state index in [0.717, 1.165) is 13.0 Å². The normalized spacial score (nSPS) is 22.1. The summed E-state index contributed by atoms with van der Waals surface area (Å²) in [5.41, 5.74) is 11.2. The van der Waals surface area contributed by atoms with Crippen molar-refractivity contribution in [3.8, 4) is 0 Å². The van der Waals surface area contributed by atoms with Crippen LogP contribution in [-0.2, 0) is 19.8 Å². The van der Waals surface area contributed by atoms with Crippen LogP contribution in [0.4, 0.5) is 0 Å². The third-order valence-corrected chi connectivity index (χ3v) is 3.47. The quantitative estimate of drug-likeness (QED) is 0.784. The Balaban J connectivity index is 1.97. The minimum Gasteiger partial charge on any atom is -0.379 e. The molecule has 0 aliphatic carbocycles. The summed E-state index contributed by atoms with van der Waals surface area (Å²) in [5.74, 6) is -0.537. The first-order chi connectivity index (χ1) is 9.13. The Labute approximate surface area is 112 Å². The highest BCUT2D eigenvalue weighted by atomic mass is 16.5. The van der Waals surface area contributed by atoms with Gasteiger partial charge in [0.25, 0.3) is 0 Å². The Hall–Kier alpha value is -1.43. The Morgan fingerprint density at radius 2 is 2.16 bits per heavy atom. The maximum absolute atomic E-state index is 11.7. The third-order valence-electron chi connectivity index (χ3n) is 3.47. The molecule has 1 amide bonds. The first-order valence-electron chi connectivity index (χ1n) is 6.46. The fourth-order valence-corrected chi connectivity index (χ4v) is 2.18. The van der Waals surface area contributed by atoms with Crippen LogP contribution in [0.1, 0.15) is 18.4 Å². The molecule has 104 valence electrons. The number of ether oxygens (including phenoxy) is 2. The molecule has 1 aromatic carbocycles. The first kappa shape index (κ1) is 14.0. The first-order valence-corrected chi connectivity index (χ1v) is 6.46. The van der Waals surface area contributed by atoms with Gasteiger partial charge in [-0.1, -0.05) is 30.3 Å². The van der Waals surface area contributed by atoms with E-state index < -0.39 is 11.4 Å². The van der Waals surface area contributed by atoms with E-state index >= 15 is 0 Å². The van der Waals surface area contributed by atoms with Gasteiger partial charge < -0.3 is 20.9 Å². The molecule has 19 heavy (non-hydrogen) atoms. The fourth-order valence-electron chi connectivity index (χ4n) is 2.18. The molecule has 2 atom stereocenters. The molecule has 1 saturated heterocycles. The van der Waals surface area contributed by atoms with Crippen molar-refractivity contribution in [2.24, 2.45) is 11.5 Å². The molecule has 0 aromatic heterocycles. The van der Waals surface area contributed by atoms with Crippen LogP contribution in [0.5, 0.6) is 0 Å². The predicted molar refractivity (Wildman–Crippen MR) is 71.3 cm³/mol. The van der Waals surface area contributed by atoms with Crippen molar-refractivity contribution in [2.45, 2.75) is 24.5 Å². The van der Waals surface area contributed by atoms with Crippen molar-refractivity contribution >= 4 is 5.91 Å².